The molecule has 1 amide bonds. The van der Waals surface area contributed by atoms with Gasteiger partial charge in [0, 0.05) is 28.9 Å². The van der Waals surface area contributed by atoms with Gasteiger partial charge in [-0.15, -0.1) is 0 Å². The lowest BCUT2D eigenvalue weighted by Crippen LogP contribution is -2.37. The van der Waals surface area contributed by atoms with Crippen LogP contribution in [0.1, 0.15) is 44.7 Å². The van der Waals surface area contributed by atoms with Gasteiger partial charge in [-0.3, -0.25) is 0 Å². The molecule has 2 aromatic carbocycles. The van der Waals surface area contributed by atoms with Crippen molar-refractivity contribution in [2.45, 2.75) is 44.6 Å². The van der Waals surface area contributed by atoms with Gasteiger partial charge in [0.05, 0.1) is 0 Å². The number of rotatable bonds is 2. The fraction of sp³-hybridized carbons (Fsp3) is 0.409. The Morgan fingerprint density at radius 2 is 1.74 bits per heavy atom. The lowest BCUT2D eigenvalue weighted by molar-refractivity contribution is 0.0284. The van der Waals surface area contributed by atoms with E-state index < -0.39 is 5.60 Å². The van der Waals surface area contributed by atoms with E-state index in [1.54, 1.807) is 4.90 Å². The van der Waals surface area contributed by atoms with Crippen molar-refractivity contribution >= 4 is 22.0 Å². The van der Waals surface area contributed by atoms with Gasteiger partial charge in [0.2, 0.25) is 0 Å². The number of carbonyl (C=O) groups is 1. The van der Waals surface area contributed by atoms with E-state index in [4.69, 9.17) is 4.74 Å². The first-order valence-electron chi connectivity index (χ1n) is 9.08. The highest BCUT2D eigenvalue weighted by Crippen LogP contribution is 2.45. The Kier molecular flexibility index (Phi) is 5.35. The first-order valence-corrected chi connectivity index (χ1v) is 9.87. The molecule has 1 aliphatic rings. The molecule has 0 radical (unpaired) electrons. The van der Waals surface area contributed by atoms with E-state index in [0.29, 0.717) is 13.1 Å². The minimum atomic E-state index is -0.543. The summed E-state index contributed by atoms with van der Waals surface area (Å²) in [6.07, 6.45) is -0.310. The van der Waals surface area contributed by atoms with Gasteiger partial charge < -0.3 is 9.64 Å². The third-order valence-electron chi connectivity index (χ3n) is 5.12. The molecule has 0 spiro atoms. The van der Waals surface area contributed by atoms with Crippen LogP contribution in [0, 0.1) is 5.82 Å². The lowest BCUT2D eigenvalue weighted by atomic mass is 9.71. The Bertz CT molecular complexity index is 814. The standard InChI is InChI=1S/C22H25BrFNO2/c1-21(2,3)27-20(26)25-13-19(15-5-9-17(23)10-6-15)22(4,14-25)16-7-11-18(24)12-8-16/h5-12,19H,13-14H2,1-4H3/t19-,22+/m0/s1. The molecule has 0 saturated carbocycles. The molecule has 2 aromatic rings. The van der Waals surface area contributed by atoms with E-state index in [-0.39, 0.29) is 23.2 Å². The number of likely N-dealkylation sites (tertiary alicyclic amines) is 1. The topological polar surface area (TPSA) is 29.5 Å². The summed E-state index contributed by atoms with van der Waals surface area (Å²) in [7, 11) is 0. The molecule has 0 unspecified atom stereocenters. The number of hydrogen-bond donors (Lipinski definition) is 0. The first kappa shape index (κ1) is 19.9. The van der Waals surface area contributed by atoms with Crippen molar-refractivity contribution in [1.82, 2.24) is 4.90 Å². The molecule has 1 heterocycles. The molecule has 3 nitrogen and oxygen atoms in total. The zero-order valence-electron chi connectivity index (χ0n) is 16.1. The van der Waals surface area contributed by atoms with Gasteiger partial charge in [-0.05, 0) is 56.2 Å². The van der Waals surface area contributed by atoms with Gasteiger partial charge in [-0.2, -0.15) is 0 Å². The molecule has 2 atom stereocenters. The van der Waals surface area contributed by atoms with Crippen molar-refractivity contribution in [3.05, 3.63) is 69.9 Å². The molecule has 0 aromatic heterocycles. The van der Waals surface area contributed by atoms with E-state index >= 15 is 0 Å². The van der Waals surface area contributed by atoms with Crippen molar-refractivity contribution in [2.24, 2.45) is 0 Å². The van der Waals surface area contributed by atoms with Crippen LogP contribution in [0.2, 0.25) is 0 Å². The van der Waals surface area contributed by atoms with Gasteiger partial charge in [0.1, 0.15) is 11.4 Å². The molecule has 1 saturated heterocycles. The largest absolute Gasteiger partial charge is 0.444 e. The van der Waals surface area contributed by atoms with Crippen LogP contribution in [0.3, 0.4) is 0 Å². The average molecular weight is 434 g/mol. The molecule has 3 rings (SSSR count). The fourth-order valence-corrected chi connectivity index (χ4v) is 4.01. The summed E-state index contributed by atoms with van der Waals surface area (Å²) < 4.78 is 20.1. The van der Waals surface area contributed by atoms with Gasteiger partial charge in [-0.25, -0.2) is 9.18 Å². The summed E-state index contributed by atoms with van der Waals surface area (Å²) >= 11 is 3.48. The third kappa shape index (κ3) is 4.34. The number of hydrogen-bond acceptors (Lipinski definition) is 2. The van der Waals surface area contributed by atoms with E-state index in [1.165, 1.54) is 12.1 Å². The molecular weight excluding hydrogens is 409 g/mol. The SMILES string of the molecule is CC(C)(C)OC(=O)N1C[C@@H](c2ccc(Br)cc2)[C@@](C)(c2ccc(F)cc2)C1. The van der Waals surface area contributed by atoms with Crippen LogP contribution in [0.15, 0.2) is 53.0 Å². The number of benzene rings is 2. The van der Waals surface area contributed by atoms with E-state index in [0.717, 1.165) is 15.6 Å². The summed E-state index contributed by atoms with van der Waals surface area (Å²) in [5.74, 6) is -0.173. The molecule has 1 fully saturated rings. The van der Waals surface area contributed by atoms with E-state index in [1.807, 2.05) is 45.0 Å². The predicted molar refractivity (Wildman–Crippen MR) is 108 cm³/mol. The van der Waals surface area contributed by atoms with Crippen LogP contribution in [-0.4, -0.2) is 29.7 Å². The zero-order chi connectivity index (χ0) is 19.8. The second kappa shape index (κ2) is 7.27. The minimum Gasteiger partial charge on any atom is -0.444 e. The maximum absolute atomic E-state index is 13.5. The second-order valence-electron chi connectivity index (χ2n) is 8.39. The molecule has 1 aliphatic heterocycles. The van der Waals surface area contributed by atoms with Crippen molar-refractivity contribution < 1.29 is 13.9 Å². The Morgan fingerprint density at radius 3 is 2.30 bits per heavy atom. The Labute approximate surface area is 168 Å². The molecule has 0 bridgehead atoms. The predicted octanol–water partition coefficient (Wildman–Crippen LogP) is 5.88. The summed E-state index contributed by atoms with van der Waals surface area (Å²) in [5, 5.41) is 0. The monoisotopic (exact) mass is 433 g/mol. The quantitative estimate of drug-likeness (QED) is 0.591. The zero-order valence-corrected chi connectivity index (χ0v) is 17.7. The molecule has 0 aliphatic carbocycles. The van der Waals surface area contributed by atoms with Crippen molar-refractivity contribution in [2.75, 3.05) is 13.1 Å². The van der Waals surface area contributed by atoms with Gasteiger partial charge >= 0.3 is 6.09 Å². The highest BCUT2D eigenvalue weighted by Gasteiger charge is 2.47. The van der Waals surface area contributed by atoms with Crippen molar-refractivity contribution in [3.8, 4) is 0 Å². The Hall–Kier alpha value is -1.88. The number of amides is 1. The Balaban J connectivity index is 1.97. The summed E-state index contributed by atoms with van der Waals surface area (Å²) in [4.78, 5) is 14.5. The highest BCUT2D eigenvalue weighted by atomic mass is 79.9. The number of carbonyl (C=O) groups excluding carboxylic acids is 1. The molecular formula is C22H25BrFNO2. The van der Waals surface area contributed by atoms with Crippen LogP contribution in [-0.2, 0) is 10.2 Å². The third-order valence-corrected chi connectivity index (χ3v) is 5.65. The Morgan fingerprint density at radius 1 is 1.15 bits per heavy atom. The maximum Gasteiger partial charge on any atom is 0.410 e. The van der Waals surface area contributed by atoms with Crippen LogP contribution in [0.5, 0.6) is 0 Å². The summed E-state index contributed by atoms with van der Waals surface area (Å²) in [5.41, 5.74) is 1.29. The van der Waals surface area contributed by atoms with E-state index in [9.17, 15) is 9.18 Å². The van der Waals surface area contributed by atoms with Crippen molar-refractivity contribution in [3.63, 3.8) is 0 Å². The lowest BCUT2D eigenvalue weighted by Gasteiger charge is -2.31. The summed E-state index contributed by atoms with van der Waals surface area (Å²) in [6.45, 7) is 8.82. The highest BCUT2D eigenvalue weighted by molar-refractivity contribution is 9.10. The maximum atomic E-state index is 13.5. The fourth-order valence-electron chi connectivity index (χ4n) is 3.75. The van der Waals surface area contributed by atoms with Gasteiger partial charge in [-0.1, -0.05) is 47.1 Å². The molecule has 27 heavy (non-hydrogen) atoms. The van der Waals surface area contributed by atoms with E-state index in [2.05, 4.69) is 35.0 Å². The van der Waals surface area contributed by atoms with Crippen molar-refractivity contribution in [1.29, 1.82) is 0 Å². The van der Waals surface area contributed by atoms with Crippen LogP contribution < -0.4 is 0 Å². The normalized spacial score (nSPS) is 22.7. The number of nitrogens with zero attached hydrogens (tertiary/aromatic N) is 1. The van der Waals surface area contributed by atoms with Crippen LogP contribution in [0.25, 0.3) is 0 Å². The average Bonchev–Trinajstić information content (AvgIpc) is 2.94. The number of ether oxygens (including phenoxy) is 1. The summed E-state index contributed by atoms with van der Waals surface area (Å²) in [6, 6.07) is 14.8. The molecule has 0 N–H and O–H groups in total. The second-order valence-corrected chi connectivity index (χ2v) is 9.31. The minimum absolute atomic E-state index is 0.0866. The van der Waals surface area contributed by atoms with Gasteiger partial charge in [0.25, 0.3) is 0 Å². The smallest absolute Gasteiger partial charge is 0.410 e. The van der Waals surface area contributed by atoms with Crippen LogP contribution in [0.4, 0.5) is 9.18 Å². The molecule has 144 valence electrons. The molecule has 5 heteroatoms. The number of halogens is 2. The van der Waals surface area contributed by atoms with Crippen LogP contribution >= 0.6 is 15.9 Å². The van der Waals surface area contributed by atoms with Gasteiger partial charge in [0.15, 0.2) is 0 Å². The first-order chi connectivity index (χ1) is 12.6.